The number of hydrogen-bond donors (Lipinski definition) is 0. The highest BCUT2D eigenvalue weighted by Gasteiger charge is 2.38. The van der Waals surface area contributed by atoms with Gasteiger partial charge in [0.1, 0.15) is 22.9 Å². The van der Waals surface area contributed by atoms with Gasteiger partial charge in [0, 0.05) is 27.7 Å². The van der Waals surface area contributed by atoms with E-state index in [1.807, 2.05) is 0 Å². The Hall–Kier alpha value is -4.04. The molecule has 2 nitrogen and oxygen atoms in total. The van der Waals surface area contributed by atoms with Crippen molar-refractivity contribution >= 4 is 28.7 Å². The van der Waals surface area contributed by atoms with Gasteiger partial charge >= 0.3 is 0 Å². The summed E-state index contributed by atoms with van der Waals surface area (Å²) in [6.45, 7) is 2.13. The first-order valence-corrected chi connectivity index (χ1v) is 11.9. The minimum Gasteiger partial charge on any atom is -0.484 e. The van der Waals surface area contributed by atoms with E-state index in [1.54, 1.807) is 0 Å². The van der Waals surface area contributed by atoms with E-state index in [0.717, 1.165) is 23.2 Å². The second kappa shape index (κ2) is 7.50. The molecule has 4 aromatic rings. The van der Waals surface area contributed by atoms with Crippen molar-refractivity contribution in [1.29, 1.82) is 0 Å². The first-order chi connectivity index (χ1) is 16.7. The molecule has 2 aliphatic carbocycles. The maximum absolute atomic E-state index is 6.47. The van der Waals surface area contributed by atoms with E-state index in [9.17, 15) is 0 Å². The number of para-hydroxylation sites is 1. The standard InChI is InChI=1S/C32H24O2/c1-20-11-15-31-27(17-20)25-14-12-21(13-16-30(25)33-31)23-18-26(22-7-3-2-4-8-22)32-28(19-23)24-9-5-6-10-29(24)34-32/h2-11,13-19,28,32H,12H2,1H3. The summed E-state index contributed by atoms with van der Waals surface area (Å²) in [5.74, 6) is 1.20. The molecule has 3 aliphatic rings. The summed E-state index contributed by atoms with van der Waals surface area (Å²) < 4.78 is 12.7. The largest absolute Gasteiger partial charge is 0.484 e. The van der Waals surface area contributed by atoms with Crippen molar-refractivity contribution in [3.63, 3.8) is 0 Å². The fourth-order valence-electron chi connectivity index (χ4n) is 5.49. The Balaban J connectivity index is 1.36. The molecule has 2 atom stereocenters. The van der Waals surface area contributed by atoms with E-state index in [2.05, 4.69) is 110 Å². The van der Waals surface area contributed by atoms with E-state index >= 15 is 0 Å². The first-order valence-electron chi connectivity index (χ1n) is 11.9. The van der Waals surface area contributed by atoms with Crippen molar-refractivity contribution < 1.29 is 9.15 Å². The first kappa shape index (κ1) is 19.4. The van der Waals surface area contributed by atoms with Crippen LogP contribution >= 0.6 is 0 Å². The average Bonchev–Trinajstić information content (AvgIpc) is 3.34. The smallest absolute Gasteiger partial charge is 0.135 e. The summed E-state index contributed by atoms with van der Waals surface area (Å²) in [6, 6.07) is 25.5. The second-order valence-corrected chi connectivity index (χ2v) is 9.34. The van der Waals surface area contributed by atoms with Gasteiger partial charge in [-0.25, -0.2) is 0 Å². The van der Waals surface area contributed by atoms with Crippen molar-refractivity contribution in [2.24, 2.45) is 0 Å². The molecule has 0 spiro atoms. The third kappa shape index (κ3) is 3.03. The van der Waals surface area contributed by atoms with Gasteiger partial charge in [-0.2, -0.15) is 0 Å². The molecular weight excluding hydrogens is 416 g/mol. The van der Waals surface area contributed by atoms with Gasteiger partial charge in [0.05, 0.1) is 0 Å². The minimum absolute atomic E-state index is 0.00389. The lowest BCUT2D eigenvalue weighted by Crippen LogP contribution is -2.23. The molecule has 0 amide bonds. The topological polar surface area (TPSA) is 22.4 Å². The molecule has 0 radical (unpaired) electrons. The van der Waals surface area contributed by atoms with Crippen LogP contribution in [0.15, 0.2) is 107 Å². The molecule has 2 unspecified atom stereocenters. The van der Waals surface area contributed by atoms with Gasteiger partial charge in [0.25, 0.3) is 0 Å². The fourth-order valence-corrected chi connectivity index (χ4v) is 5.49. The maximum Gasteiger partial charge on any atom is 0.135 e. The van der Waals surface area contributed by atoms with Crippen molar-refractivity contribution in [2.75, 3.05) is 0 Å². The van der Waals surface area contributed by atoms with E-state index in [1.165, 1.54) is 44.0 Å². The number of allylic oxidation sites excluding steroid dienone is 4. The molecule has 3 aromatic carbocycles. The monoisotopic (exact) mass is 440 g/mol. The van der Waals surface area contributed by atoms with Crippen molar-refractivity contribution in [3.8, 4) is 5.75 Å². The number of ether oxygens (including phenoxy) is 1. The number of fused-ring (bicyclic) bond motifs is 6. The van der Waals surface area contributed by atoms with Gasteiger partial charge in [-0.1, -0.05) is 78.4 Å². The molecule has 7 rings (SSSR count). The van der Waals surface area contributed by atoms with E-state index in [-0.39, 0.29) is 12.0 Å². The number of furan rings is 1. The molecule has 0 N–H and O–H groups in total. The Bertz CT molecular complexity index is 1660. The highest BCUT2D eigenvalue weighted by atomic mass is 16.5. The Labute approximate surface area is 198 Å². The summed E-state index contributed by atoms with van der Waals surface area (Å²) in [6.07, 6.45) is 12.3. The van der Waals surface area contributed by atoms with E-state index in [0.29, 0.717) is 0 Å². The van der Waals surface area contributed by atoms with Gasteiger partial charge in [0.2, 0.25) is 0 Å². The lowest BCUT2D eigenvalue weighted by Gasteiger charge is -2.26. The van der Waals surface area contributed by atoms with Gasteiger partial charge in [-0.3, -0.25) is 0 Å². The highest BCUT2D eigenvalue weighted by molar-refractivity contribution is 5.82. The molecular formula is C32H24O2. The van der Waals surface area contributed by atoms with Crippen LogP contribution in [0, 0.1) is 6.92 Å². The van der Waals surface area contributed by atoms with Crippen LogP contribution in [0.1, 0.15) is 29.0 Å². The molecule has 0 saturated carbocycles. The molecule has 0 saturated heterocycles. The molecule has 2 heteroatoms. The van der Waals surface area contributed by atoms with Gasteiger partial charge in [-0.15, -0.1) is 0 Å². The summed E-state index contributed by atoms with van der Waals surface area (Å²) in [5, 5.41) is 2.39. The lowest BCUT2D eigenvalue weighted by molar-refractivity contribution is 0.278. The third-order valence-electron chi connectivity index (χ3n) is 7.19. The van der Waals surface area contributed by atoms with Crippen LogP contribution in [-0.4, -0.2) is 6.10 Å². The number of benzene rings is 3. The zero-order valence-corrected chi connectivity index (χ0v) is 19.0. The highest BCUT2D eigenvalue weighted by Crippen LogP contribution is 2.48. The summed E-state index contributed by atoms with van der Waals surface area (Å²) >= 11 is 0. The zero-order valence-electron chi connectivity index (χ0n) is 19.0. The Kier molecular flexibility index (Phi) is 4.28. The van der Waals surface area contributed by atoms with Crippen molar-refractivity contribution in [2.45, 2.75) is 25.4 Å². The van der Waals surface area contributed by atoms with Gasteiger partial charge < -0.3 is 9.15 Å². The molecule has 164 valence electrons. The quantitative estimate of drug-likeness (QED) is 0.370. The zero-order chi connectivity index (χ0) is 22.6. The summed E-state index contributed by atoms with van der Waals surface area (Å²) in [5.41, 5.74) is 9.41. The van der Waals surface area contributed by atoms with E-state index < -0.39 is 0 Å². The van der Waals surface area contributed by atoms with Crippen LogP contribution in [0.5, 0.6) is 5.75 Å². The Morgan fingerprint density at radius 1 is 0.882 bits per heavy atom. The van der Waals surface area contributed by atoms with Crippen LogP contribution in [0.25, 0.3) is 28.7 Å². The maximum atomic E-state index is 6.47. The van der Waals surface area contributed by atoms with Crippen LogP contribution < -0.4 is 15.4 Å². The van der Waals surface area contributed by atoms with Crippen LogP contribution in [0.2, 0.25) is 0 Å². The molecule has 2 heterocycles. The molecule has 0 fully saturated rings. The predicted octanol–water partition coefficient (Wildman–Crippen LogP) is 6.20. The third-order valence-corrected chi connectivity index (χ3v) is 7.19. The normalized spacial score (nSPS) is 20.4. The summed E-state index contributed by atoms with van der Waals surface area (Å²) in [4.78, 5) is 0. The minimum atomic E-state index is 0.00389. The van der Waals surface area contributed by atoms with Crippen LogP contribution in [0.3, 0.4) is 0 Å². The SMILES string of the molecule is Cc1ccc2oc3c(c2c1)=CCC(C1=CC2c4ccccc4OC2C(c2ccccc2)=C1)=CC=3. The van der Waals surface area contributed by atoms with Crippen LogP contribution in [-0.2, 0) is 0 Å². The van der Waals surface area contributed by atoms with E-state index in [4.69, 9.17) is 9.15 Å². The number of aryl methyl sites for hydroxylation is 1. The fraction of sp³-hybridized carbons (Fsp3) is 0.125. The number of rotatable bonds is 2. The predicted molar refractivity (Wildman–Crippen MR) is 138 cm³/mol. The van der Waals surface area contributed by atoms with Gasteiger partial charge in [-0.05, 0) is 60.4 Å². The van der Waals surface area contributed by atoms with Crippen molar-refractivity contribution in [1.82, 2.24) is 0 Å². The number of hydrogen-bond acceptors (Lipinski definition) is 2. The molecule has 34 heavy (non-hydrogen) atoms. The molecule has 0 bridgehead atoms. The molecule has 1 aliphatic heterocycles. The summed E-state index contributed by atoms with van der Waals surface area (Å²) in [7, 11) is 0. The molecule has 1 aromatic heterocycles. The van der Waals surface area contributed by atoms with Crippen LogP contribution in [0.4, 0.5) is 0 Å². The van der Waals surface area contributed by atoms with Gasteiger partial charge in [0.15, 0.2) is 0 Å². The Morgan fingerprint density at radius 2 is 1.74 bits per heavy atom. The lowest BCUT2D eigenvalue weighted by atomic mass is 9.80. The second-order valence-electron chi connectivity index (χ2n) is 9.34. The van der Waals surface area contributed by atoms with Crippen molar-refractivity contribution in [3.05, 3.63) is 129 Å². The average molecular weight is 441 g/mol. The Morgan fingerprint density at radius 3 is 2.65 bits per heavy atom.